The largest absolute Gasteiger partial charge is 0.335 e. The number of rotatable bonds is 6. The summed E-state index contributed by atoms with van der Waals surface area (Å²) >= 11 is 4.99. The molecule has 0 radical (unpaired) electrons. The molecule has 0 aromatic carbocycles. The Morgan fingerprint density at radius 3 is 2.62 bits per heavy atom. The maximum Gasteiger partial charge on any atom is 0.254 e. The van der Waals surface area contributed by atoms with Crippen LogP contribution >= 0.6 is 27.3 Å². The zero-order valence-corrected chi connectivity index (χ0v) is 12.2. The minimum Gasteiger partial charge on any atom is -0.335 e. The zero-order chi connectivity index (χ0) is 12.0. The Morgan fingerprint density at radius 1 is 1.50 bits per heavy atom. The predicted octanol–water partition coefficient (Wildman–Crippen LogP) is 3.77. The van der Waals surface area contributed by atoms with Gasteiger partial charge in [-0.1, -0.05) is 29.8 Å². The smallest absolute Gasteiger partial charge is 0.254 e. The van der Waals surface area contributed by atoms with E-state index in [1.807, 2.05) is 21.7 Å². The van der Waals surface area contributed by atoms with Gasteiger partial charge >= 0.3 is 0 Å². The van der Waals surface area contributed by atoms with E-state index in [2.05, 4.69) is 29.8 Å². The lowest BCUT2D eigenvalue weighted by Gasteiger charge is -2.29. The Labute approximate surface area is 110 Å². The van der Waals surface area contributed by atoms with Crippen molar-refractivity contribution < 1.29 is 4.79 Å². The van der Waals surface area contributed by atoms with Crippen LogP contribution in [0.1, 0.15) is 37.0 Å². The van der Waals surface area contributed by atoms with Crippen LogP contribution in [0.2, 0.25) is 0 Å². The fourth-order valence-electron chi connectivity index (χ4n) is 1.82. The number of nitrogens with zero attached hydrogens (tertiary/aromatic N) is 1. The van der Waals surface area contributed by atoms with E-state index in [1.54, 1.807) is 11.3 Å². The van der Waals surface area contributed by atoms with E-state index >= 15 is 0 Å². The molecular weight excluding hydrogens is 286 g/mol. The van der Waals surface area contributed by atoms with Gasteiger partial charge in [-0.25, -0.2) is 0 Å². The van der Waals surface area contributed by atoms with Crippen LogP contribution in [0.4, 0.5) is 0 Å². The Kier molecular flexibility index (Phi) is 6.06. The van der Waals surface area contributed by atoms with Crippen molar-refractivity contribution in [3.05, 3.63) is 22.4 Å². The lowest BCUT2D eigenvalue weighted by Crippen LogP contribution is -2.40. The summed E-state index contributed by atoms with van der Waals surface area (Å²) in [4.78, 5) is 14.2. The van der Waals surface area contributed by atoms with Crippen molar-refractivity contribution in [3.63, 3.8) is 0 Å². The van der Waals surface area contributed by atoms with Crippen molar-refractivity contribution >= 4 is 33.2 Å². The Morgan fingerprint density at radius 2 is 2.19 bits per heavy atom. The number of carbonyl (C=O) groups is 1. The fourth-order valence-corrected chi connectivity index (χ4v) is 2.83. The van der Waals surface area contributed by atoms with Crippen molar-refractivity contribution in [2.45, 2.75) is 32.7 Å². The van der Waals surface area contributed by atoms with E-state index in [1.165, 1.54) is 0 Å². The van der Waals surface area contributed by atoms with Gasteiger partial charge in [-0.3, -0.25) is 4.79 Å². The molecule has 1 amide bonds. The minimum atomic E-state index is 0.161. The normalized spacial score (nSPS) is 10.8. The van der Waals surface area contributed by atoms with Crippen molar-refractivity contribution in [1.82, 2.24) is 4.90 Å². The van der Waals surface area contributed by atoms with Gasteiger partial charge in [-0.15, -0.1) is 0 Å². The van der Waals surface area contributed by atoms with Gasteiger partial charge in [0.05, 0.1) is 5.56 Å². The van der Waals surface area contributed by atoms with Gasteiger partial charge in [-0.05, 0) is 24.3 Å². The maximum atomic E-state index is 12.3. The van der Waals surface area contributed by atoms with E-state index in [0.717, 1.165) is 30.3 Å². The van der Waals surface area contributed by atoms with Crippen molar-refractivity contribution in [3.8, 4) is 0 Å². The molecule has 4 heteroatoms. The SMILES string of the molecule is CCC(CC)N(CCBr)C(=O)c1ccsc1. The van der Waals surface area contributed by atoms with E-state index in [4.69, 9.17) is 0 Å². The van der Waals surface area contributed by atoms with Gasteiger partial charge in [0.25, 0.3) is 5.91 Å². The number of amides is 1. The first kappa shape index (κ1) is 13.7. The number of carbonyl (C=O) groups excluding carboxylic acids is 1. The summed E-state index contributed by atoms with van der Waals surface area (Å²) in [6.07, 6.45) is 2.03. The summed E-state index contributed by atoms with van der Waals surface area (Å²) in [6, 6.07) is 2.25. The third-order valence-corrected chi connectivity index (χ3v) is 3.78. The summed E-state index contributed by atoms with van der Waals surface area (Å²) in [6.45, 7) is 5.05. The number of halogens is 1. The first-order valence-corrected chi connectivity index (χ1v) is 7.70. The van der Waals surface area contributed by atoms with E-state index < -0.39 is 0 Å². The van der Waals surface area contributed by atoms with Gasteiger partial charge in [0.15, 0.2) is 0 Å². The topological polar surface area (TPSA) is 20.3 Å². The Balaban J connectivity index is 2.80. The maximum absolute atomic E-state index is 12.3. The Hall–Kier alpha value is -0.350. The van der Waals surface area contributed by atoms with Crippen LogP contribution in [0.15, 0.2) is 16.8 Å². The molecule has 0 N–H and O–H groups in total. The highest BCUT2D eigenvalue weighted by molar-refractivity contribution is 9.09. The van der Waals surface area contributed by atoms with Gasteiger partial charge < -0.3 is 4.90 Å². The third kappa shape index (κ3) is 3.32. The minimum absolute atomic E-state index is 0.161. The van der Waals surface area contributed by atoms with E-state index in [0.29, 0.717) is 6.04 Å². The average molecular weight is 304 g/mol. The highest BCUT2D eigenvalue weighted by atomic mass is 79.9. The molecule has 0 atom stereocenters. The summed E-state index contributed by atoms with van der Waals surface area (Å²) < 4.78 is 0. The molecule has 0 saturated heterocycles. The summed E-state index contributed by atoms with van der Waals surface area (Å²) in [5.74, 6) is 0.161. The molecule has 0 aliphatic rings. The molecule has 0 saturated carbocycles. The quantitative estimate of drug-likeness (QED) is 0.733. The Bertz CT molecular complexity index is 309. The van der Waals surface area contributed by atoms with Crippen molar-refractivity contribution in [2.24, 2.45) is 0 Å². The lowest BCUT2D eigenvalue weighted by molar-refractivity contribution is 0.0683. The lowest BCUT2D eigenvalue weighted by atomic mass is 10.1. The number of alkyl halides is 1. The summed E-state index contributed by atoms with van der Waals surface area (Å²) in [7, 11) is 0. The molecule has 0 unspecified atom stereocenters. The monoisotopic (exact) mass is 303 g/mol. The van der Waals surface area contributed by atoms with Crippen LogP contribution in [-0.2, 0) is 0 Å². The molecule has 0 spiro atoms. The van der Waals surface area contributed by atoms with Gasteiger partial charge in [0.2, 0.25) is 0 Å². The molecule has 0 aliphatic carbocycles. The van der Waals surface area contributed by atoms with E-state index in [9.17, 15) is 4.79 Å². The molecule has 1 rings (SSSR count). The van der Waals surface area contributed by atoms with Crippen LogP contribution in [0.3, 0.4) is 0 Å². The number of hydrogen-bond acceptors (Lipinski definition) is 2. The molecule has 16 heavy (non-hydrogen) atoms. The molecule has 90 valence electrons. The number of hydrogen-bond donors (Lipinski definition) is 0. The van der Waals surface area contributed by atoms with Gasteiger partial charge in [0, 0.05) is 23.3 Å². The molecule has 0 bridgehead atoms. The van der Waals surface area contributed by atoms with Crippen LogP contribution in [0.25, 0.3) is 0 Å². The number of thiophene rings is 1. The van der Waals surface area contributed by atoms with Crippen LogP contribution in [0, 0.1) is 0 Å². The average Bonchev–Trinajstić information content (AvgIpc) is 2.82. The van der Waals surface area contributed by atoms with Crippen LogP contribution < -0.4 is 0 Å². The predicted molar refractivity (Wildman–Crippen MR) is 73.5 cm³/mol. The van der Waals surface area contributed by atoms with Crippen molar-refractivity contribution in [2.75, 3.05) is 11.9 Å². The first-order valence-electron chi connectivity index (χ1n) is 5.63. The molecule has 0 fully saturated rings. The fraction of sp³-hybridized carbons (Fsp3) is 0.583. The van der Waals surface area contributed by atoms with Crippen LogP contribution in [-0.4, -0.2) is 28.7 Å². The molecular formula is C12H18BrNOS. The molecule has 1 heterocycles. The summed E-state index contributed by atoms with van der Waals surface area (Å²) in [5, 5.41) is 4.71. The molecule has 1 aromatic heterocycles. The molecule has 0 aliphatic heterocycles. The second-order valence-corrected chi connectivity index (χ2v) is 5.24. The zero-order valence-electron chi connectivity index (χ0n) is 9.78. The van der Waals surface area contributed by atoms with Gasteiger partial charge in [-0.2, -0.15) is 11.3 Å². The second kappa shape index (κ2) is 7.07. The highest BCUT2D eigenvalue weighted by Gasteiger charge is 2.21. The molecule has 2 nitrogen and oxygen atoms in total. The van der Waals surface area contributed by atoms with E-state index in [-0.39, 0.29) is 5.91 Å². The summed E-state index contributed by atoms with van der Waals surface area (Å²) in [5.41, 5.74) is 0.817. The van der Waals surface area contributed by atoms with Gasteiger partial charge in [0.1, 0.15) is 0 Å². The van der Waals surface area contributed by atoms with Crippen LogP contribution in [0.5, 0.6) is 0 Å². The standard InChI is InChI=1S/C12H18BrNOS/c1-3-11(4-2)14(7-6-13)12(15)10-5-8-16-9-10/h5,8-9,11H,3-4,6-7H2,1-2H3. The highest BCUT2D eigenvalue weighted by Crippen LogP contribution is 2.15. The third-order valence-electron chi connectivity index (χ3n) is 2.74. The molecule has 1 aromatic rings. The van der Waals surface area contributed by atoms with Crippen molar-refractivity contribution in [1.29, 1.82) is 0 Å². The second-order valence-electron chi connectivity index (χ2n) is 3.67. The first-order chi connectivity index (χ1) is 7.74.